The first-order chi connectivity index (χ1) is 14.9. The van der Waals surface area contributed by atoms with Gasteiger partial charge in [-0.3, -0.25) is 4.79 Å². The molecule has 2 aromatic carbocycles. The summed E-state index contributed by atoms with van der Waals surface area (Å²) in [4.78, 5) is 12.9. The predicted molar refractivity (Wildman–Crippen MR) is 122 cm³/mol. The SMILES string of the molecule is COc1ccccc1[C@@H](C)NC(=O)[C@@H]1CCCN(S(=O)(=O)CCCc2ccccc2)C1. The molecule has 0 spiro atoms. The third kappa shape index (κ3) is 6.31. The van der Waals surface area contributed by atoms with Gasteiger partial charge in [0, 0.05) is 18.7 Å². The second kappa shape index (κ2) is 10.8. The summed E-state index contributed by atoms with van der Waals surface area (Å²) in [6.07, 6.45) is 2.69. The van der Waals surface area contributed by atoms with Crippen molar-refractivity contribution in [2.75, 3.05) is 26.0 Å². The summed E-state index contributed by atoms with van der Waals surface area (Å²) in [5.74, 6) is 0.382. The summed E-state index contributed by atoms with van der Waals surface area (Å²) in [7, 11) is -1.77. The largest absolute Gasteiger partial charge is 0.496 e. The molecule has 3 rings (SSSR count). The molecule has 7 heteroatoms. The number of carbonyl (C=O) groups excluding carboxylic acids is 1. The Morgan fingerprint density at radius 2 is 1.87 bits per heavy atom. The van der Waals surface area contributed by atoms with Gasteiger partial charge in [0.1, 0.15) is 5.75 Å². The molecule has 0 aromatic heterocycles. The third-order valence-corrected chi connectivity index (χ3v) is 7.75. The first-order valence-electron chi connectivity index (χ1n) is 10.9. The minimum atomic E-state index is -3.38. The molecular weight excluding hydrogens is 412 g/mol. The van der Waals surface area contributed by atoms with E-state index in [1.807, 2.05) is 61.5 Å². The summed E-state index contributed by atoms with van der Waals surface area (Å²) in [6.45, 7) is 2.65. The van der Waals surface area contributed by atoms with Crippen molar-refractivity contribution in [3.8, 4) is 5.75 Å². The maximum atomic E-state index is 12.9. The average Bonchev–Trinajstić information content (AvgIpc) is 2.79. The number of carbonyl (C=O) groups is 1. The molecule has 1 fully saturated rings. The Kier molecular flexibility index (Phi) is 8.09. The van der Waals surface area contributed by atoms with Crippen LogP contribution in [0.2, 0.25) is 0 Å². The molecule has 2 aromatic rings. The molecule has 6 nitrogen and oxygen atoms in total. The molecular formula is C24H32N2O4S. The number of ether oxygens (including phenoxy) is 1. The van der Waals surface area contributed by atoms with Crippen molar-refractivity contribution in [2.45, 2.75) is 38.6 Å². The van der Waals surface area contributed by atoms with E-state index in [4.69, 9.17) is 4.74 Å². The number of aryl methyl sites for hydroxylation is 1. The number of hydrogen-bond donors (Lipinski definition) is 1. The molecule has 168 valence electrons. The monoisotopic (exact) mass is 444 g/mol. The van der Waals surface area contributed by atoms with Crippen molar-refractivity contribution in [3.63, 3.8) is 0 Å². The quantitative estimate of drug-likeness (QED) is 0.642. The van der Waals surface area contributed by atoms with E-state index < -0.39 is 10.0 Å². The van der Waals surface area contributed by atoms with Crippen LogP contribution in [0, 0.1) is 5.92 Å². The number of nitrogens with zero attached hydrogens (tertiary/aromatic N) is 1. The summed E-state index contributed by atoms with van der Waals surface area (Å²) in [5.41, 5.74) is 2.04. The average molecular weight is 445 g/mol. The van der Waals surface area contributed by atoms with Crippen LogP contribution in [0.1, 0.15) is 43.4 Å². The van der Waals surface area contributed by atoms with E-state index in [2.05, 4.69) is 5.32 Å². The van der Waals surface area contributed by atoms with Crippen molar-refractivity contribution in [2.24, 2.45) is 5.92 Å². The number of benzene rings is 2. The minimum Gasteiger partial charge on any atom is -0.496 e. The van der Waals surface area contributed by atoms with Crippen LogP contribution in [0.25, 0.3) is 0 Å². The zero-order valence-corrected chi connectivity index (χ0v) is 19.1. The second-order valence-corrected chi connectivity index (χ2v) is 10.2. The fourth-order valence-electron chi connectivity index (χ4n) is 4.07. The highest BCUT2D eigenvalue weighted by molar-refractivity contribution is 7.89. The number of nitrogens with one attached hydrogen (secondary N) is 1. The molecule has 2 atom stereocenters. The van der Waals surface area contributed by atoms with Crippen molar-refractivity contribution >= 4 is 15.9 Å². The Balaban J connectivity index is 1.55. The molecule has 0 radical (unpaired) electrons. The summed E-state index contributed by atoms with van der Waals surface area (Å²) in [6, 6.07) is 17.3. The standard InChI is InChI=1S/C24H32N2O4S/c1-19(22-14-6-7-15-23(22)30-2)25-24(27)21-13-8-16-26(18-21)31(28,29)17-9-12-20-10-4-3-5-11-20/h3-7,10-11,14-15,19,21H,8-9,12-13,16-18H2,1-2H3,(H,25,27)/t19-,21-/m1/s1. The van der Waals surface area contributed by atoms with Gasteiger partial charge in [-0.05, 0) is 44.2 Å². The normalized spacial score (nSPS) is 18.3. The van der Waals surface area contributed by atoms with Gasteiger partial charge in [0.05, 0.1) is 24.8 Å². The Bertz CT molecular complexity index is 963. The highest BCUT2D eigenvalue weighted by atomic mass is 32.2. The maximum Gasteiger partial charge on any atom is 0.224 e. The maximum absolute atomic E-state index is 12.9. The Morgan fingerprint density at radius 3 is 2.61 bits per heavy atom. The number of methoxy groups -OCH3 is 1. The van der Waals surface area contributed by atoms with Crippen molar-refractivity contribution in [3.05, 3.63) is 65.7 Å². The predicted octanol–water partition coefficient (Wildman–Crippen LogP) is 3.55. The van der Waals surface area contributed by atoms with Crippen LogP contribution in [0.15, 0.2) is 54.6 Å². The van der Waals surface area contributed by atoms with Crippen LogP contribution < -0.4 is 10.1 Å². The summed E-state index contributed by atoms with van der Waals surface area (Å²) < 4.78 is 32.6. The Morgan fingerprint density at radius 1 is 1.16 bits per heavy atom. The molecule has 31 heavy (non-hydrogen) atoms. The molecule has 0 unspecified atom stereocenters. The highest BCUT2D eigenvalue weighted by Crippen LogP contribution is 2.26. The highest BCUT2D eigenvalue weighted by Gasteiger charge is 2.32. The van der Waals surface area contributed by atoms with Crippen LogP contribution in [0.3, 0.4) is 0 Å². The number of hydrogen-bond acceptors (Lipinski definition) is 4. The van der Waals surface area contributed by atoms with E-state index in [1.54, 1.807) is 7.11 Å². The molecule has 1 N–H and O–H groups in total. The molecule has 1 amide bonds. The van der Waals surface area contributed by atoms with Crippen molar-refractivity contribution in [1.29, 1.82) is 0 Å². The van der Waals surface area contributed by atoms with Gasteiger partial charge in [-0.1, -0.05) is 48.5 Å². The number of sulfonamides is 1. The first kappa shape index (κ1) is 23.3. The molecule has 1 saturated heterocycles. The van der Waals surface area contributed by atoms with Crippen LogP contribution in [0.5, 0.6) is 5.75 Å². The van der Waals surface area contributed by atoms with E-state index in [1.165, 1.54) is 4.31 Å². The van der Waals surface area contributed by atoms with Gasteiger partial charge in [-0.2, -0.15) is 0 Å². The third-order valence-electron chi connectivity index (χ3n) is 5.82. The van der Waals surface area contributed by atoms with E-state index in [0.29, 0.717) is 25.8 Å². The van der Waals surface area contributed by atoms with Gasteiger partial charge in [-0.25, -0.2) is 12.7 Å². The molecule has 1 aliphatic heterocycles. The van der Waals surface area contributed by atoms with Crippen molar-refractivity contribution in [1.82, 2.24) is 9.62 Å². The fourth-order valence-corrected chi connectivity index (χ4v) is 5.66. The lowest BCUT2D eigenvalue weighted by molar-refractivity contribution is -0.126. The summed E-state index contributed by atoms with van der Waals surface area (Å²) >= 11 is 0. The first-order valence-corrected chi connectivity index (χ1v) is 12.5. The number of para-hydroxylation sites is 1. The number of amides is 1. The zero-order chi connectivity index (χ0) is 22.3. The van der Waals surface area contributed by atoms with Gasteiger partial charge in [0.2, 0.25) is 15.9 Å². The van der Waals surface area contributed by atoms with Gasteiger partial charge in [0.15, 0.2) is 0 Å². The number of piperidine rings is 1. The topological polar surface area (TPSA) is 75.7 Å². The lowest BCUT2D eigenvalue weighted by Crippen LogP contribution is -2.46. The fraction of sp³-hybridized carbons (Fsp3) is 0.458. The summed E-state index contributed by atoms with van der Waals surface area (Å²) in [5, 5.41) is 3.04. The molecule has 0 bridgehead atoms. The second-order valence-electron chi connectivity index (χ2n) is 8.07. The van der Waals surface area contributed by atoms with Crippen molar-refractivity contribution < 1.29 is 17.9 Å². The van der Waals surface area contributed by atoms with Gasteiger partial charge < -0.3 is 10.1 Å². The van der Waals surface area contributed by atoms with Crippen LogP contribution in [-0.2, 0) is 21.2 Å². The Labute approximate surface area is 185 Å². The van der Waals surface area contributed by atoms with Crippen LogP contribution in [-0.4, -0.2) is 44.6 Å². The van der Waals surface area contributed by atoms with E-state index in [0.717, 1.165) is 23.3 Å². The smallest absolute Gasteiger partial charge is 0.224 e. The van der Waals surface area contributed by atoms with E-state index >= 15 is 0 Å². The number of rotatable bonds is 9. The molecule has 1 aliphatic rings. The van der Waals surface area contributed by atoms with Crippen LogP contribution in [0.4, 0.5) is 0 Å². The van der Waals surface area contributed by atoms with Crippen LogP contribution >= 0.6 is 0 Å². The lowest BCUT2D eigenvalue weighted by atomic mass is 9.97. The van der Waals surface area contributed by atoms with Gasteiger partial charge >= 0.3 is 0 Å². The van der Waals surface area contributed by atoms with E-state index in [9.17, 15) is 13.2 Å². The van der Waals surface area contributed by atoms with E-state index in [-0.39, 0.29) is 30.2 Å². The molecule has 0 saturated carbocycles. The molecule has 0 aliphatic carbocycles. The Hall–Kier alpha value is -2.38. The zero-order valence-electron chi connectivity index (χ0n) is 18.3. The lowest BCUT2D eigenvalue weighted by Gasteiger charge is -2.32. The van der Waals surface area contributed by atoms with Gasteiger partial charge in [-0.15, -0.1) is 0 Å². The minimum absolute atomic E-state index is 0.105. The molecule has 1 heterocycles. The van der Waals surface area contributed by atoms with Gasteiger partial charge in [0.25, 0.3) is 0 Å².